The predicted molar refractivity (Wildman–Crippen MR) is 78.9 cm³/mol. The zero-order valence-electron chi connectivity index (χ0n) is 11.6. The molecule has 0 aromatic carbocycles. The molecule has 1 saturated heterocycles. The van der Waals surface area contributed by atoms with E-state index in [0.717, 1.165) is 26.2 Å². The molecule has 1 aliphatic heterocycles. The molecule has 2 heterocycles. The Balaban J connectivity index is 2.17. The van der Waals surface area contributed by atoms with E-state index < -0.39 is 0 Å². The maximum atomic E-state index is 12.0. The molecule has 0 aliphatic carbocycles. The van der Waals surface area contributed by atoms with Gasteiger partial charge in [0.25, 0.3) is 5.91 Å². The smallest absolute Gasteiger partial charge is 0.265 e. The van der Waals surface area contributed by atoms with Gasteiger partial charge < -0.3 is 20.7 Å². The van der Waals surface area contributed by atoms with E-state index in [4.69, 9.17) is 10.5 Å². The fraction of sp³-hybridized carbons (Fsp3) is 0.538. The SMILES string of the molecule is CN(C)C(=O)c1sc(NCC2CCOC2)c(C#N)c1N. The van der Waals surface area contributed by atoms with Crippen molar-refractivity contribution >= 4 is 27.9 Å². The van der Waals surface area contributed by atoms with Crippen LogP contribution in [0.5, 0.6) is 0 Å². The fourth-order valence-electron chi connectivity index (χ4n) is 2.02. The molecule has 1 aromatic rings. The molecular weight excluding hydrogens is 276 g/mol. The third-order valence-corrected chi connectivity index (χ3v) is 4.38. The number of hydrogen-bond acceptors (Lipinski definition) is 6. The Morgan fingerprint density at radius 1 is 1.65 bits per heavy atom. The van der Waals surface area contributed by atoms with E-state index >= 15 is 0 Å². The maximum absolute atomic E-state index is 12.0. The maximum Gasteiger partial charge on any atom is 0.265 e. The molecule has 3 N–H and O–H groups in total. The number of nitrogens with one attached hydrogen (secondary N) is 1. The molecule has 1 aliphatic rings. The zero-order chi connectivity index (χ0) is 14.7. The zero-order valence-corrected chi connectivity index (χ0v) is 12.4. The van der Waals surface area contributed by atoms with Gasteiger partial charge in [-0.25, -0.2) is 0 Å². The fourth-order valence-corrected chi connectivity index (χ4v) is 3.12. The van der Waals surface area contributed by atoms with Gasteiger partial charge >= 0.3 is 0 Å². The number of thiophene rings is 1. The van der Waals surface area contributed by atoms with Gasteiger partial charge in [-0.2, -0.15) is 5.26 Å². The van der Waals surface area contributed by atoms with Gasteiger partial charge in [-0.3, -0.25) is 4.79 Å². The van der Waals surface area contributed by atoms with Crippen LogP contribution in [0.2, 0.25) is 0 Å². The van der Waals surface area contributed by atoms with Crippen molar-refractivity contribution in [3.05, 3.63) is 10.4 Å². The Bertz CT molecular complexity index is 541. The lowest BCUT2D eigenvalue weighted by Crippen LogP contribution is -2.21. The molecule has 0 bridgehead atoms. The topological polar surface area (TPSA) is 91.4 Å². The summed E-state index contributed by atoms with van der Waals surface area (Å²) in [5, 5.41) is 13.1. The van der Waals surface area contributed by atoms with Crippen molar-refractivity contribution in [2.75, 3.05) is 44.9 Å². The molecule has 6 nitrogen and oxygen atoms in total. The largest absolute Gasteiger partial charge is 0.396 e. The number of hydrogen-bond donors (Lipinski definition) is 2. The van der Waals surface area contributed by atoms with Crippen molar-refractivity contribution in [2.45, 2.75) is 6.42 Å². The van der Waals surface area contributed by atoms with Gasteiger partial charge in [-0.1, -0.05) is 0 Å². The second-order valence-electron chi connectivity index (χ2n) is 4.97. The summed E-state index contributed by atoms with van der Waals surface area (Å²) in [4.78, 5) is 13.9. The number of ether oxygens (including phenoxy) is 1. The highest BCUT2D eigenvalue weighted by Crippen LogP contribution is 2.36. The molecule has 2 rings (SSSR count). The van der Waals surface area contributed by atoms with Gasteiger partial charge in [0.1, 0.15) is 21.5 Å². The monoisotopic (exact) mass is 294 g/mol. The number of carbonyl (C=O) groups excluding carboxylic acids is 1. The Morgan fingerprint density at radius 3 is 2.95 bits per heavy atom. The van der Waals surface area contributed by atoms with E-state index in [1.165, 1.54) is 16.2 Å². The van der Waals surface area contributed by atoms with Crippen LogP contribution in [0.3, 0.4) is 0 Å². The first-order valence-corrected chi connectivity index (χ1v) is 7.21. The van der Waals surface area contributed by atoms with Gasteiger partial charge in [0.15, 0.2) is 0 Å². The van der Waals surface area contributed by atoms with Crippen LogP contribution in [0.15, 0.2) is 0 Å². The second kappa shape index (κ2) is 6.11. The minimum absolute atomic E-state index is 0.179. The van der Waals surface area contributed by atoms with Crippen molar-refractivity contribution in [1.29, 1.82) is 5.26 Å². The quantitative estimate of drug-likeness (QED) is 0.874. The Hall–Kier alpha value is -1.78. The molecular formula is C13H18N4O2S. The van der Waals surface area contributed by atoms with E-state index in [0.29, 0.717) is 21.4 Å². The molecule has 0 saturated carbocycles. The van der Waals surface area contributed by atoms with Crippen LogP contribution in [-0.2, 0) is 4.74 Å². The Morgan fingerprint density at radius 2 is 2.40 bits per heavy atom. The number of nitrogens with zero attached hydrogens (tertiary/aromatic N) is 2. The lowest BCUT2D eigenvalue weighted by atomic mass is 10.1. The van der Waals surface area contributed by atoms with Crippen LogP contribution in [0.1, 0.15) is 21.7 Å². The number of nitrogens with two attached hydrogens (primary N) is 1. The van der Waals surface area contributed by atoms with Crippen LogP contribution in [0.25, 0.3) is 0 Å². The minimum atomic E-state index is -0.179. The lowest BCUT2D eigenvalue weighted by Gasteiger charge is -2.09. The molecule has 108 valence electrons. The Kier molecular flexibility index (Phi) is 4.47. The van der Waals surface area contributed by atoms with Crippen molar-refractivity contribution in [3.63, 3.8) is 0 Å². The number of nitriles is 1. The molecule has 1 atom stereocenters. The summed E-state index contributed by atoms with van der Waals surface area (Å²) < 4.78 is 5.31. The first-order chi connectivity index (χ1) is 9.54. The lowest BCUT2D eigenvalue weighted by molar-refractivity contribution is 0.0833. The first kappa shape index (κ1) is 14.6. The van der Waals surface area contributed by atoms with Gasteiger partial charge in [-0.15, -0.1) is 11.3 Å². The van der Waals surface area contributed by atoms with Crippen LogP contribution >= 0.6 is 11.3 Å². The second-order valence-corrected chi connectivity index (χ2v) is 5.99. The van der Waals surface area contributed by atoms with E-state index in [-0.39, 0.29) is 11.6 Å². The molecule has 0 spiro atoms. The van der Waals surface area contributed by atoms with Crippen molar-refractivity contribution in [3.8, 4) is 6.07 Å². The molecule has 1 unspecified atom stereocenters. The van der Waals surface area contributed by atoms with Gasteiger partial charge in [0.05, 0.1) is 12.3 Å². The highest BCUT2D eigenvalue weighted by molar-refractivity contribution is 7.18. The Labute approximate surface area is 122 Å². The molecule has 7 heteroatoms. The molecule has 20 heavy (non-hydrogen) atoms. The summed E-state index contributed by atoms with van der Waals surface area (Å²) in [6.07, 6.45) is 1.01. The van der Waals surface area contributed by atoms with Crippen LogP contribution in [-0.4, -0.2) is 44.7 Å². The van der Waals surface area contributed by atoms with Crippen molar-refractivity contribution in [2.24, 2.45) is 5.92 Å². The van der Waals surface area contributed by atoms with Crippen molar-refractivity contribution < 1.29 is 9.53 Å². The van der Waals surface area contributed by atoms with Crippen LogP contribution in [0.4, 0.5) is 10.7 Å². The highest BCUT2D eigenvalue weighted by Gasteiger charge is 2.23. The van der Waals surface area contributed by atoms with E-state index in [1.807, 2.05) is 0 Å². The third kappa shape index (κ3) is 2.86. The summed E-state index contributed by atoms with van der Waals surface area (Å²) in [5.74, 6) is 0.263. The van der Waals surface area contributed by atoms with Gasteiger partial charge in [0, 0.05) is 33.2 Å². The normalized spacial score (nSPS) is 17.8. The standard InChI is InChI=1S/C13H18N4O2S/c1-17(2)13(18)11-10(15)9(5-14)12(20-11)16-6-8-3-4-19-7-8/h8,16H,3-4,6-7,15H2,1-2H3. The molecule has 1 fully saturated rings. The number of anilines is 2. The third-order valence-electron chi connectivity index (χ3n) is 3.23. The minimum Gasteiger partial charge on any atom is -0.396 e. The summed E-state index contributed by atoms with van der Waals surface area (Å²) in [7, 11) is 3.33. The average molecular weight is 294 g/mol. The number of rotatable bonds is 4. The highest BCUT2D eigenvalue weighted by atomic mass is 32.1. The summed E-state index contributed by atoms with van der Waals surface area (Å²) >= 11 is 1.24. The number of nitrogen functional groups attached to an aromatic ring is 1. The predicted octanol–water partition coefficient (Wildman–Crippen LogP) is 1.35. The van der Waals surface area contributed by atoms with Crippen LogP contribution in [0, 0.1) is 17.2 Å². The number of carbonyl (C=O) groups is 1. The van der Waals surface area contributed by atoms with Gasteiger partial charge in [-0.05, 0) is 6.42 Å². The van der Waals surface area contributed by atoms with E-state index in [2.05, 4.69) is 11.4 Å². The van der Waals surface area contributed by atoms with E-state index in [9.17, 15) is 10.1 Å². The van der Waals surface area contributed by atoms with Gasteiger partial charge in [0.2, 0.25) is 0 Å². The summed E-state index contributed by atoms with van der Waals surface area (Å²) in [5.41, 5.74) is 6.54. The molecule has 1 amide bonds. The molecule has 1 aromatic heterocycles. The summed E-state index contributed by atoms with van der Waals surface area (Å²) in [6.45, 7) is 2.25. The number of amides is 1. The molecule has 0 radical (unpaired) electrons. The average Bonchev–Trinajstić information content (AvgIpc) is 3.03. The van der Waals surface area contributed by atoms with Crippen molar-refractivity contribution in [1.82, 2.24) is 4.90 Å². The van der Waals surface area contributed by atoms with E-state index in [1.54, 1.807) is 14.1 Å². The van der Waals surface area contributed by atoms with Crippen LogP contribution < -0.4 is 11.1 Å². The summed E-state index contributed by atoms with van der Waals surface area (Å²) in [6, 6.07) is 2.07. The first-order valence-electron chi connectivity index (χ1n) is 6.40.